The van der Waals surface area contributed by atoms with E-state index in [0.29, 0.717) is 24.9 Å². The fourth-order valence-corrected chi connectivity index (χ4v) is 4.67. The molecule has 0 aromatic heterocycles. The van der Waals surface area contributed by atoms with Crippen molar-refractivity contribution in [1.29, 1.82) is 0 Å². The van der Waals surface area contributed by atoms with Gasteiger partial charge in [-0.05, 0) is 62.1 Å². The van der Waals surface area contributed by atoms with E-state index >= 15 is 0 Å². The van der Waals surface area contributed by atoms with Crippen LogP contribution in [0.25, 0.3) is 0 Å². The maximum Gasteiger partial charge on any atom is 0.227 e. The van der Waals surface area contributed by atoms with E-state index in [-0.39, 0.29) is 17.2 Å². The van der Waals surface area contributed by atoms with Crippen molar-refractivity contribution in [3.8, 4) is 5.75 Å². The number of aryl methyl sites for hydroxylation is 1. The molecule has 0 radical (unpaired) electrons. The predicted octanol–water partition coefficient (Wildman–Crippen LogP) is 4.15. The number of hydrogen-bond donors (Lipinski definition) is 0. The largest absolute Gasteiger partial charge is 0.497 e. The van der Waals surface area contributed by atoms with Crippen LogP contribution in [0, 0.1) is 17.3 Å². The molecule has 2 amide bonds. The molecule has 0 bridgehead atoms. The van der Waals surface area contributed by atoms with Gasteiger partial charge in [0.15, 0.2) is 0 Å². The Labute approximate surface area is 181 Å². The third-order valence-corrected chi connectivity index (χ3v) is 6.70. The number of piperidine rings is 2. The zero-order valence-electron chi connectivity index (χ0n) is 19.2. The van der Waals surface area contributed by atoms with Gasteiger partial charge in [-0.1, -0.05) is 32.9 Å². The number of hydrogen-bond acceptors (Lipinski definition) is 3. The lowest BCUT2D eigenvalue weighted by Crippen LogP contribution is -2.48. The predicted molar refractivity (Wildman–Crippen MR) is 119 cm³/mol. The van der Waals surface area contributed by atoms with Crippen LogP contribution in [0.15, 0.2) is 24.3 Å². The van der Waals surface area contributed by atoms with Crippen molar-refractivity contribution < 1.29 is 14.3 Å². The number of carbonyl (C=O) groups excluding carboxylic acids is 2. The maximum atomic E-state index is 13.0. The van der Waals surface area contributed by atoms with Crippen molar-refractivity contribution in [2.45, 2.75) is 59.3 Å². The molecule has 1 aromatic carbocycles. The van der Waals surface area contributed by atoms with Crippen molar-refractivity contribution >= 4 is 11.8 Å². The minimum atomic E-state index is -0.343. The van der Waals surface area contributed by atoms with Crippen molar-refractivity contribution in [3.63, 3.8) is 0 Å². The fraction of sp³-hybridized carbons (Fsp3) is 0.680. The Morgan fingerprint density at radius 2 is 1.50 bits per heavy atom. The van der Waals surface area contributed by atoms with Crippen LogP contribution in [-0.4, -0.2) is 54.9 Å². The Morgan fingerprint density at radius 1 is 0.933 bits per heavy atom. The van der Waals surface area contributed by atoms with E-state index < -0.39 is 0 Å². The van der Waals surface area contributed by atoms with Crippen LogP contribution in [0.2, 0.25) is 0 Å². The Balaban J connectivity index is 1.39. The SMILES string of the molecule is COc1ccc(CCC2CCN(C(=O)C3CCN(C(=O)C(C)(C)C)CC3)CC2)cc1. The van der Waals surface area contributed by atoms with E-state index in [1.807, 2.05) is 37.8 Å². The average Bonchev–Trinajstić information content (AvgIpc) is 2.77. The molecule has 0 unspecified atom stereocenters. The summed E-state index contributed by atoms with van der Waals surface area (Å²) in [6.07, 6.45) is 6.08. The van der Waals surface area contributed by atoms with Gasteiger partial charge in [-0.2, -0.15) is 0 Å². The van der Waals surface area contributed by atoms with Gasteiger partial charge >= 0.3 is 0 Å². The first-order chi connectivity index (χ1) is 14.3. The number of ether oxygens (including phenoxy) is 1. The molecule has 2 aliphatic rings. The summed E-state index contributed by atoms with van der Waals surface area (Å²) < 4.78 is 5.22. The molecule has 0 spiro atoms. The lowest BCUT2D eigenvalue weighted by molar-refractivity contribution is -0.145. The summed E-state index contributed by atoms with van der Waals surface area (Å²) in [7, 11) is 1.69. The van der Waals surface area contributed by atoms with Crippen LogP contribution in [0.4, 0.5) is 0 Å². The van der Waals surface area contributed by atoms with Crippen LogP contribution in [-0.2, 0) is 16.0 Å². The molecule has 1 aromatic rings. The highest BCUT2D eigenvalue weighted by atomic mass is 16.5. The van der Waals surface area contributed by atoms with Crippen molar-refractivity contribution in [2.24, 2.45) is 17.3 Å². The van der Waals surface area contributed by atoms with Crippen LogP contribution in [0.3, 0.4) is 0 Å². The summed E-state index contributed by atoms with van der Waals surface area (Å²) in [5.41, 5.74) is 1.01. The second kappa shape index (κ2) is 9.84. The summed E-state index contributed by atoms with van der Waals surface area (Å²) in [4.78, 5) is 29.5. The van der Waals surface area contributed by atoms with E-state index in [2.05, 4.69) is 17.0 Å². The highest BCUT2D eigenvalue weighted by Gasteiger charge is 2.34. The van der Waals surface area contributed by atoms with Gasteiger partial charge < -0.3 is 14.5 Å². The second-order valence-corrected chi connectivity index (χ2v) is 9.97. The Hall–Kier alpha value is -2.04. The van der Waals surface area contributed by atoms with Gasteiger partial charge in [0.2, 0.25) is 11.8 Å². The van der Waals surface area contributed by atoms with Gasteiger partial charge in [-0.3, -0.25) is 9.59 Å². The summed E-state index contributed by atoms with van der Waals surface area (Å²) in [5, 5.41) is 0. The fourth-order valence-electron chi connectivity index (χ4n) is 4.67. The Kier molecular flexibility index (Phi) is 7.43. The molecule has 5 heteroatoms. The van der Waals surface area contributed by atoms with Gasteiger partial charge in [-0.25, -0.2) is 0 Å². The van der Waals surface area contributed by atoms with Crippen molar-refractivity contribution in [3.05, 3.63) is 29.8 Å². The molecule has 2 fully saturated rings. The number of methoxy groups -OCH3 is 1. The van der Waals surface area contributed by atoms with Crippen LogP contribution in [0.5, 0.6) is 5.75 Å². The molecule has 2 saturated heterocycles. The third kappa shape index (κ3) is 5.77. The van der Waals surface area contributed by atoms with E-state index in [0.717, 1.165) is 50.9 Å². The first kappa shape index (κ1) is 22.6. The van der Waals surface area contributed by atoms with Crippen molar-refractivity contribution in [1.82, 2.24) is 9.80 Å². The molecule has 166 valence electrons. The van der Waals surface area contributed by atoms with Crippen LogP contribution in [0.1, 0.15) is 58.4 Å². The number of rotatable bonds is 5. The summed E-state index contributed by atoms with van der Waals surface area (Å²) in [5.74, 6) is 2.20. The molecule has 3 rings (SSSR count). The van der Waals surface area contributed by atoms with E-state index in [9.17, 15) is 9.59 Å². The van der Waals surface area contributed by atoms with Crippen LogP contribution < -0.4 is 4.74 Å². The summed E-state index contributed by atoms with van der Waals surface area (Å²) in [6.45, 7) is 9.08. The quantitative estimate of drug-likeness (QED) is 0.727. The first-order valence-electron chi connectivity index (χ1n) is 11.5. The first-order valence-corrected chi connectivity index (χ1v) is 11.5. The number of benzene rings is 1. The molecule has 2 heterocycles. The van der Waals surface area contributed by atoms with E-state index in [4.69, 9.17) is 4.74 Å². The highest BCUT2D eigenvalue weighted by molar-refractivity contribution is 5.82. The molecule has 0 atom stereocenters. The molecular formula is C25H38N2O3. The molecule has 2 aliphatic heterocycles. The molecule has 0 aliphatic carbocycles. The Bertz CT molecular complexity index is 707. The molecule has 0 saturated carbocycles. The number of amides is 2. The zero-order valence-corrected chi connectivity index (χ0v) is 19.2. The van der Waals surface area contributed by atoms with Gasteiger partial charge in [0, 0.05) is 37.5 Å². The minimum absolute atomic E-state index is 0.0878. The van der Waals surface area contributed by atoms with Gasteiger partial charge in [0.05, 0.1) is 7.11 Å². The summed E-state index contributed by atoms with van der Waals surface area (Å²) >= 11 is 0. The highest BCUT2D eigenvalue weighted by Crippen LogP contribution is 2.28. The number of carbonyl (C=O) groups is 2. The lowest BCUT2D eigenvalue weighted by atomic mass is 9.88. The lowest BCUT2D eigenvalue weighted by Gasteiger charge is -2.38. The maximum absolute atomic E-state index is 13.0. The smallest absolute Gasteiger partial charge is 0.227 e. The molecule has 30 heavy (non-hydrogen) atoms. The average molecular weight is 415 g/mol. The van der Waals surface area contributed by atoms with E-state index in [1.54, 1.807) is 7.11 Å². The zero-order chi connectivity index (χ0) is 21.7. The third-order valence-electron chi connectivity index (χ3n) is 6.70. The van der Waals surface area contributed by atoms with Gasteiger partial charge in [-0.15, -0.1) is 0 Å². The normalized spacial score (nSPS) is 19.1. The van der Waals surface area contributed by atoms with Crippen molar-refractivity contribution in [2.75, 3.05) is 33.3 Å². The topological polar surface area (TPSA) is 49.9 Å². The van der Waals surface area contributed by atoms with Gasteiger partial charge in [0.25, 0.3) is 0 Å². The second-order valence-electron chi connectivity index (χ2n) is 9.97. The summed E-state index contributed by atoms with van der Waals surface area (Å²) in [6, 6.07) is 8.34. The molecular weight excluding hydrogens is 376 g/mol. The molecule has 0 N–H and O–H groups in total. The standard InChI is InChI=1S/C25H38N2O3/c1-25(2,3)24(29)27-17-13-21(14-18-27)23(28)26-15-11-20(12-16-26)6-5-19-7-9-22(30-4)10-8-19/h7-10,20-21H,5-6,11-18H2,1-4H3. The minimum Gasteiger partial charge on any atom is -0.497 e. The molecule has 5 nitrogen and oxygen atoms in total. The van der Waals surface area contributed by atoms with Crippen LogP contribution >= 0.6 is 0 Å². The Morgan fingerprint density at radius 3 is 2.03 bits per heavy atom. The van der Waals surface area contributed by atoms with E-state index in [1.165, 1.54) is 12.0 Å². The number of nitrogens with zero attached hydrogens (tertiary/aromatic N) is 2. The monoisotopic (exact) mass is 414 g/mol. The number of likely N-dealkylation sites (tertiary alicyclic amines) is 2. The van der Waals surface area contributed by atoms with Gasteiger partial charge in [0.1, 0.15) is 5.75 Å².